The van der Waals surface area contributed by atoms with Gasteiger partial charge in [-0.1, -0.05) is 39.0 Å². The molecule has 0 fully saturated rings. The predicted octanol–water partition coefficient (Wildman–Crippen LogP) is 4.90. The molecule has 0 aliphatic rings. The summed E-state index contributed by atoms with van der Waals surface area (Å²) in [7, 11) is 0. The van der Waals surface area contributed by atoms with Gasteiger partial charge in [0.25, 0.3) is 0 Å². The molecule has 2 N–H and O–H groups in total. The highest BCUT2D eigenvalue weighted by Crippen LogP contribution is 2.20. The van der Waals surface area contributed by atoms with Crippen molar-refractivity contribution >= 4 is 34.3 Å². The molecule has 3 rings (SSSR count). The zero-order chi connectivity index (χ0) is 22.4. The summed E-state index contributed by atoms with van der Waals surface area (Å²) in [6.45, 7) is 5.19. The van der Waals surface area contributed by atoms with Crippen molar-refractivity contribution in [3.63, 3.8) is 0 Å². The zero-order valence-electron chi connectivity index (χ0n) is 18.2. The fourth-order valence-electron chi connectivity index (χ4n) is 3.12. The minimum Gasteiger partial charge on any atom is -0.457 e. The lowest BCUT2D eigenvalue weighted by atomic mass is 9.95. The second-order valence-electron chi connectivity index (χ2n) is 8.58. The van der Waals surface area contributed by atoms with E-state index in [0.717, 1.165) is 22.9 Å². The van der Waals surface area contributed by atoms with Crippen molar-refractivity contribution in [2.75, 3.05) is 11.9 Å². The number of amides is 1. The van der Waals surface area contributed by atoms with E-state index in [4.69, 9.17) is 4.74 Å². The highest BCUT2D eigenvalue weighted by molar-refractivity contribution is 5.99. The SMILES string of the molecule is CC(C)(C)C(=O)Nc1ccc(C(=O)COC(=O)CCCc2c[nH]c3ccccc23)cc1. The molecule has 0 bridgehead atoms. The summed E-state index contributed by atoms with van der Waals surface area (Å²) in [6, 6.07) is 14.6. The second-order valence-corrected chi connectivity index (χ2v) is 8.58. The fourth-order valence-corrected chi connectivity index (χ4v) is 3.12. The van der Waals surface area contributed by atoms with Crippen LogP contribution in [-0.2, 0) is 20.7 Å². The maximum absolute atomic E-state index is 12.3. The number of hydrogen-bond donors (Lipinski definition) is 2. The number of ketones is 1. The van der Waals surface area contributed by atoms with Crippen LogP contribution in [0.15, 0.2) is 54.7 Å². The molecule has 0 atom stereocenters. The Kier molecular flexibility index (Phi) is 6.90. The minimum atomic E-state index is -0.503. The highest BCUT2D eigenvalue weighted by Gasteiger charge is 2.21. The molecule has 0 saturated heterocycles. The Morgan fingerprint density at radius 2 is 1.71 bits per heavy atom. The number of carbonyl (C=O) groups is 3. The van der Waals surface area contributed by atoms with Crippen molar-refractivity contribution in [2.45, 2.75) is 40.0 Å². The van der Waals surface area contributed by atoms with Gasteiger partial charge in [-0.05, 0) is 48.7 Å². The van der Waals surface area contributed by atoms with Gasteiger partial charge in [-0.25, -0.2) is 0 Å². The molecular formula is C25H28N2O4. The zero-order valence-corrected chi connectivity index (χ0v) is 18.2. The van der Waals surface area contributed by atoms with Gasteiger partial charge in [0.1, 0.15) is 0 Å². The number of hydrogen-bond acceptors (Lipinski definition) is 4. The molecule has 6 heteroatoms. The molecule has 0 unspecified atom stereocenters. The van der Waals surface area contributed by atoms with Gasteiger partial charge in [0, 0.05) is 40.2 Å². The molecular weight excluding hydrogens is 392 g/mol. The molecule has 0 spiro atoms. The number of nitrogens with one attached hydrogen (secondary N) is 2. The third kappa shape index (κ3) is 6.04. The number of anilines is 1. The third-order valence-corrected chi connectivity index (χ3v) is 5.01. The van der Waals surface area contributed by atoms with Crippen LogP contribution < -0.4 is 5.32 Å². The summed E-state index contributed by atoms with van der Waals surface area (Å²) < 4.78 is 5.14. The van der Waals surface area contributed by atoms with Crippen LogP contribution in [0.3, 0.4) is 0 Å². The summed E-state index contributed by atoms with van der Waals surface area (Å²) in [5.41, 5.74) is 2.79. The Bertz CT molecular complexity index is 1070. The van der Waals surface area contributed by atoms with Crippen LogP contribution in [0.2, 0.25) is 0 Å². The lowest BCUT2D eigenvalue weighted by Gasteiger charge is -2.17. The van der Waals surface area contributed by atoms with Gasteiger partial charge < -0.3 is 15.0 Å². The number of aryl methyl sites for hydroxylation is 1. The summed E-state index contributed by atoms with van der Waals surface area (Å²) in [4.78, 5) is 39.5. The van der Waals surface area contributed by atoms with E-state index in [1.807, 2.05) is 45.2 Å². The summed E-state index contributed by atoms with van der Waals surface area (Å²) in [5, 5.41) is 3.97. The molecule has 2 aromatic carbocycles. The van der Waals surface area contributed by atoms with Crippen LogP contribution in [0.1, 0.15) is 49.5 Å². The maximum atomic E-state index is 12.3. The number of benzene rings is 2. The van der Waals surface area contributed by atoms with Crippen LogP contribution in [0.25, 0.3) is 10.9 Å². The molecule has 162 valence electrons. The van der Waals surface area contributed by atoms with Gasteiger partial charge in [-0.15, -0.1) is 0 Å². The predicted molar refractivity (Wildman–Crippen MR) is 121 cm³/mol. The molecule has 0 radical (unpaired) electrons. The number of carbonyl (C=O) groups excluding carboxylic acids is 3. The first-order valence-corrected chi connectivity index (χ1v) is 10.4. The minimum absolute atomic E-state index is 0.104. The average molecular weight is 421 g/mol. The highest BCUT2D eigenvalue weighted by atomic mass is 16.5. The van der Waals surface area contributed by atoms with Crippen molar-refractivity contribution in [3.8, 4) is 0 Å². The first-order chi connectivity index (χ1) is 14.7. The van der Waals surface area contributed by atoms with Crippen LogP contribution in [0, 0.1) is 5.41 Å². The number of para-hydroxylation sites is 1. The Morgan fingerprint density at radius 3 is 2.42 bits per heavy atom. The van der Waals surface area contributed by atoms with E-state index < -0.39 is 5.41 Å². The van der Waals surface area contributed by atoms with E-state index in [1.165, 1.54) is 0 Å². The van der Waals surface area contributed by atoms with Crippen LogP contribution in [0.5, 0.6) is 0 Å². The Morgan fingerprint density at radius 1 is 1.00 bits per heavy atom. The largest absolute Gasteiger partial charge is 0.457 e. The number of aromatic amines is 1. The van der Waals surface area contributed by atoms with Crippen molar-refractivity contribution in [1.82, 2.24) is 4.98 Å². The van der Waals surface area contributed by atoms with E-state index in [-0.39, 0.29) is 30.7 Å². The first-order valence-electron chi connectivity index (χ1n) is 10.4. The Hall–Kier alpha value is -3.41. The van der Waals surface area contributed by atoms with Crippen molar-refractivity contribution in [3.05, 3.63) is 65.9 Å². The number of H-pyrrole nitrogens is 1. The van der Waals surface area contributed by atoms with Crippen LogP contribution >= 0.6 is 0 Å². The van der Waals surface area contributed by atoms with E-state index in [1.54, 1.807) is 24.3 Å². The summed E-state index contributed by atoms with van der Waals surface area (Å²) in [6.07, 6.45) is 3.63. The number of rotatable bonds is 8. The quantitative estimate of drug-likeness (QED) is 0.401. The normalized spacial score (nSPS) is 11.3. The molecule has 1 heterocycles. The lowest BCUT2D eigenvalue weighted by Crippen LogP contribution is -2.27. The smallest absolute Gasteiger partial charge is 0.306 e. The standard InChI is InChI=1S/C25H28N2O4/c1-25(2,3)24(30)27-19-13-11-17(12-14-19)22(28)16-31-23(29)10-6-7-18-15-26-21-9-5-4-8-20(18)21/h4-5,8-9,11-15,26H,6-7,10,16H2,1-3H3,(H,27,30). The van der Waals surface area contributed by atoms with E-state index >= 15 is 0 Å². The second kappa shape index (κ2) is 9.60. The first kappa shape index (κ1) is 22.3. The van der Waals surface area contributed by atoms with Gasteiger partial charge in [-0.2, -0.15) is 0 Å². The Labute approximate surface area is 182 Å². The summed E-state index contributed by atoms with van der Waals surface area (Å²) in [5.74, 6) is -0.769. The van der Waals surface area contributed by atoms with Crippen molar-refractivity contribution in [1.29, 1.82) is 0 Å². The van der Waals surface area contributed by atoms with Crippen LogP contribution in [-0.4, -0.2) is 29.3 Å². The maximum Gasteiger partial charge on any atom is 0.306 e. The monoisotopic (exact) mass is 420 g/mol. The topological polar surface area (TPSA) is 88.3 Å². The van der Waals surface area contributed by atoms with E-state index in [9.17, 15) is 14.4 Å². The van der Waals surface area contributed by atoms with Gasteiger partial charge >= 0.3 is 5.97 Å². The van der Waals surface area contributed by atoms with Gasteiger partial charge in [0.15, 0.2) is 12.4 Å². The summed E-state index contributed by atoms with van der Waals surface area (Å²) >= 11 is 0. The lowest BCUT2D eigenvalue weighted by molar-refractivity contribution is -0.142. The molecule has 6 nitrogen and oxygen atoms in total. The van der Waals surface area contributed by atoms with Crippen molar-refractivity contribution in [2.24, 2.45) is 5.41 Å². The van der Waals surface area contributed by atoms with Crippen LogP contribution in [0.4, 0.5) is 5.69 Å². The van der Waals surface area contributed by atoms with E-state index in [0.29, 0.717) is 17.7 Å². The van der Waals surface area contributed by atoms with Crippen molar-refractivity contribution < 1.29 is 19.1 Å². The molecule has 0 aliphatic heterocycles. The van der Waals surface area contributed by atoms with E-state index in [2.05, 4.69) is 16.4 Å². The molecule has 0 saturated carbocycles. The van der Waals surface area contributed by atoms with Gasteiger partial charge in [0.05, 0.1) is 0 Å². The molecule has 3 aromatic rings. The Balaban J connectivity index is 1.42. The number of ether oxygens (including phenoxy) is 1. The average Bonchev–Trinajstić information content (AvgIpc) is 3.15. The molecule has 31 heavy (non-hydrogen) atoms. The third-order valence-electron chi connectivity index (χ3n) is 5.01. The molecule has 1 amide bonds. The molecule has 0 aliphatic carbocycles. The number of Topliss-reactive ketones (excluding diaryl/α,β-unsaturated/α-hetero) is 1. The molecule has 1 aromatic heterocycles. The van der Waals surface area contributed by atoms with Gasteiger partial charge in [0.2, 0.25) is 5.91 Å². The fraction of sp³-hybridized carbons (Fsp3) is 0.320. The number of fused-ring (bicyclic) bond motifs is 1. The number of aromatic nitrogens is 1. The number of esters is 1. The van der Waals surface area contributed by atoms with Gasteiger partial charge in [-0.3, -0.25) is 14.4 Å².